The smallest absolute Gasteiger partial charge is 0.408 e. The van der Waals surface area contributed by atoms with E-state index in [1.165, 1.54) is 20.0 Å². The molecule has 0 unspecified atom stereocenters. The van der Waals surface area contributed by atoms with Crippen LogP contribution in [-0.4, -0.2) is 113 Å². The third-order valence-corrected chi connectivity index (χ3v) is 14.5. The number of alkyl halides is 3. The third kappa shape index (κ3) is 7.73. The Morgan fingerprint density at radius 2 is 1.84 bits per heavy atom. The van der Waals surface area contributed by atoms with Crippen LogP contribution in [0.25, 0.3) is 10.8 Å². The lowest BCUT2D eigenvalue weighted by molar-refractivity contribution is -0.184. The maximum absolute atomic E-state index is 14.9. The second-order valence-electron chi connectivity index (χ2n) is 16.6. The number of nitrogens with zero attached hydrogens (tertiary/aromatic N) is 3. The number of fused-ring (bicyclic) bond motifs is 5. The Morgan fingerprint density at radius 1 is 1.12 bits per heavy atom. The minimum atomic E-state index is -5.04. The summed E-state index contributed by atoms with van der Waals surface area (Å²) in [5.41, 5.74) is -1.71. The van der Waals surface area contributed by atoms with E-state index in [-0.39, 0.29) is 42.5 Å². The summed E-state index contributed by atoms with van der Waals surface area (Å²) < 4.78 is 88.3. The predicted molar refractivity (Wildman–Crippen MR) is 201 cm³/mol. The molecule has 1 aromatic carbocycles. The van der Waals surface area contributed by atoms with Gasteiger partial charge in [-0.05, 0) is 82.4 Å². The van der Waals surface area contributed by atoms with E-state index in [0.29, 0.717) is 68.1 Å². The lowest BCUT2D eigenvalue weighted by Gasteiger charge is -2.40. The summed E-state index contributed by atoms with van der Waals surface area (Å²) in [6.45, 7) is 5.86. The molecule has 2 aliphatic carbocycles. The van der Waals surface area contributed by atoms with E-state index in [4.69, 9.17) is 14.2 Å². The van der Waals surface area contributed by atoms with Gasteiger partial charge in [0.25, 0.3) is 5.91 Å². The second-order valence-corrected chi connectivity index (χ2v) is 18.8. The van der Waals surface area contributed by atoms with Crippen molar-refractivity contribution in [3.05, 3.63) is 36.5 Å². The van der Waals surface area contributed by atoms with Gasteiger partial charge in [-0.25, -0.2) is 18.2 Å². The summed E-state index contributed by atoms with van der Waals surface area (Å²) in [5.74, 6) is -3.50. The molecule has 8 atom stereocenters. The van der Waals surface area contributed by atoms with Crippen molar-refractivity contribution < 1.29 is 60.1 Å². The molecule has 15 nitrogen and oxygen atoms in total. The monoisotopic (exact) mass is 835 g/mol. The van der Waals surface area contributed by atoms with Crippen LogP contribution < -0.4 is 24.2 Å². The van der Waals surface area contributed by atoms with E-state index in [2.05, 4.69) is 15.0 Å². The van der Waals surface area contributed by atoms with Gasteiger partial charge in [0, 0.05) is 29.3 Å². The molecule has 316 valence electrons. The number of amides is 4. The van der Waals surface area contributed by atoms with Crippen molar-refractivity contribution in [3.63, 3.8) is 0 Å². The molecule has 19 heteroatoms. The minimum absolute atomic E-state index is 0.0506. The highest BCUT2D eigenvalue weighted by Crippen LogP contribution is 2.48. The topological polar surface area (TPSA) is 194 Å². The van der Waals surface area contributed by atoms with Gasteiger partial charge < -0.3 is 29.5 Å². The number of nitrogens with one attached hydrogen (secondary N) is 2. The van der Waals surface area contributed by atoms with E-state index in [0.717, 1.165) is 4.90 Å². The molecule has 0 bridgehead atoms. The number of pyridine rings is 1. The third-order valence-electron chi connectivity index (χ3n) is 12.3. The van der Waals surface area contributed by atoms with Gasteiger partial charge in [0.1, 0.15) is 43.0 Å². The van der Waals surface area contributed by atoms with Crippen LogP contribution in [0.3, 0.4) is 0 Å². The van der Waals surface area contributed by atoms with E-state index in [1.54, 1.807) is 30.4 Å². The fourth-order valence-electron chi connectivity index (χ4n) is 8.44. The number of aromatic nitrogens is 1. The molecule has 0 spiro atoms. The highest BCUT2D eigenvalue weighted by molar-refractivity contribution is 7.91. The molecule has 58 heavy (non-hydrogen) atoms. The zero-order chi connectivity index (χ0) is 41.9. The Morgan fingerprint density at radius 3 is 2.53 bits per heavy atom. The van der Waals surface area contributed by atoms with Gasteiger partial charge in [0.05, 0.1) is 11.3 Å². The molecule has 5 aliphatic rings. The summed E-state index contributed by atoms with van der Waals surface area (Å²) in [6.07, 6.45) is -1.30. The van der Waals surface area contributed by atoms with Gasteiger partial charge in [-0.1, -0.05) is 26.0 Å². The number of carbonyl (C=O) groups is 4. The van der Waals surface area contributed by atoms with Crippen molar-refractivity contribution in [1.29, 1.82) is 0 Å². The Bertz CT molecular complexity index is 2130. The maximum Gasteiger partial charge on any atom is 0.408 e. The van der Waals surface area contributed by atoms with Gasteiger partial charge in [-0.15, -0.1) is 0 Å². The highest BCUT2D eigenvalue weighted by atomic mass is 32.2. The fourth-order valence-corrected chi connectivity index (χ4v) is 9.76. The van der Waals surface area contributed by atoms with Crippen LogP contribution in [0.4, 0.5) is 18.0 Å². The minimum Gasteiger partial charge on any atom is -0.486 e. The first-order valence-electron chi connectivity index (χ1n) is 19.5. The number of benzene rings is 1. The SMILES string of the molecule is C[C@H]1CCC=C[C@@H]2C[C@@]2(C(=O)NS(=O)(=O)C2(C)CC2)NC(=O)[C@@H]2C[C@@H](Oc3nccc4c5c(ccc34)OCCO5)CN2C(=O)[C@@H](N(C(=O)O)[C@H](C)C(F)(F)F)[C@H](C)C1. The Hall–Kier alpha value is -4.81. The summed E-state index contributed by atoms with van der Waals surface area (Å²) in [4.78, 5) is 61.6. The number of halogens is 3. The number of rotatable bonds is 7. The average molecular weight is 836 g/mol. The van der Waals surface area contributed by atoms with Crippen molar-refractivity contribution in [2.75, 3.05) is 19.8 Å². The Balaban J connectivity index is 1.27. The summed E-state index contributed by atoms with van der Waals surface area (Å²) >= 11 is 0. The molecule has 0 radical (unpaired) electrons. The van der Waals surface area contributed by atoms with Crippen LogP contribution in [0.2, 0.25) is 0 Å². The van der Waals surface area contributed by atoms with Gasteiger partial charge in [0.15, 0.2) is 11.5 Å². The molecule has 3 aliphatic heterocycles. The molecule has 2 aromatic rings. The van der Waals surface area contributed by atoms with E-state index in [1.807, 2.05) is 6.92 Å². The molecular weight excluding hydrogens is 788 g/mol. The number of hydrogen-bond donors (Lipinski definition) is 3. The first-order chi connectivity index (χ1) is 27.3. The van der Waals surface area contributed by atoms with Crippen molar-refractivity contribution in [1.82, 2.24) is 24.8 Å². The van der Waals surface area contributed by atoms with E-state index < -0.39 is 86.4 Å². The van der Waals surface area contributed by atoms with Crippen LogP contribution in [0.15, 0.2) is 36.5 Å². The molecule has 1 saturated heterocycles. The molecule has 3 N–H and O–H groups in total. The molecule has 3 fully saturated rings. The highest BCUT2D eigenvalue weighted by Gasteiger charge is 2.63. The van der Waals surface area contributed by atoms with Crippen LogP contribution in [0, 0.1) is 17.8 Å². The van der Waals surface area contributed by atoms with Gasteiger partial charge >= 0.3 is 12.3 Å². The zero-order valence-corrected chi connectivity index (χ0v) is 33.4. The molecule has 7 rings (SSSR count). The van der Waals surface area contributed by atoms with Crippen molar-refractivity contribution in [2.45, 2.75) is 113 Å². The lowest BCUT2D eigenvalue weighted by Crippen LogP contribution is -2.62. The first-order valence-corrected chi connectivity index (χ1v) is 21.0. The fraction of sp³-hybridized carbons (Fsp3) is 0.615. The van der Waals surface area contributed by atoms with Crippen LogP contribution >= 0.6 is 0 Å². The molecular formula is C39H48F3N5O10S. The quantitative estimate of drug-likeness (QED) is 0.332. The number of ether oxygens (including phenoxy) is 3. The predicted octanol–water partition coefficient (Wildman–Crippen LogP) is 4.54. The standard InChI is InChI=1S/C39H48F3N5O10S/c1-21-7-5-6-8-24-19-38(24,35(50)45-58(53,54)37(4)12-13-37)44-32(48)28-18-25(57-33-27-9-10-29-31(56-16-15-55-29)26(27)11-14-43-33)20-46(28)34(49)30(22(2)17-21)47(36(51)52)23(3)39(40,41)42/h6,8-11,14,21-25,28,30H,5,7,12-13,15-20H2,1-4H3,(H,44,48)(H,45,50)(H,51,52)/t21-,22+,23+,24+,25+,28-,30-,38+/m0/s1. The lowest BCUT2D eigenvalue weighted by atomic mass is 9.86. The average Bonchev–Trinajstić information content (AvgIpc) is 4.04. The molecule has 1 aromatic heterocycles. The molecule has 2 saturated carbocycles. The first kappa shape index (κ1) is 41.4. The van der Waals surface area contributed by atoms with Crippen LogP contribution in [0.1, 0.15) is 72.6 Å². The number of carbonyl (C=O) groups excluding carboxylic acids is 3. The van der Waals surface area contributed by atoms with Gasteiger partial charge in [-0.2, -0.15) is 13.2 Å². The maximum atomic E-state index is 14.9. The normalized spacial score (nSPS) is 30.2. The van der Waals surface area contributed by atoms with Gasteiger partial charge in [0.2, 0.25) is 27.7 Å². The van der Waals surface area contributed by atoms with Crippen molar-refractivity contribution in [2.24, 2.45) is 17.8 Å². The largest absolute Gasteiger partial charge is 0.486 e. The summed E-state index contributed by atoms with van der Waals surface area (Å²) in [7, 11) is -4.12. The summed E-state index contributed by atoms with van der Waals surface area (Å²) in [5, 5.41) is 14.2. The van der Waals surface area contributed by atoms with Crippen LogP contribution in [-0.2, 0) is 24.4 Å². The number of carboxylic acid groups (broad SMARTS) is 1. The van der Waals surface area contributed by atoms with Crippen LogP contribution in [0.5, 0.6) is 17.4 Å². The van der Waals surface area contributed by atoms with E-state index in [9.17, 15) is 45.9 Å². The zero-order valence-electron chi connectivity index (χ0n) is 32.6. The summed E-state index contributed by atoms with van der Waals surface area (Å²) in [6, 6.07) is -0.839. The molecule has 4 heterocycles. The van der Waals surface area contributed by atoms with Crippen molar-refractivity contribution in [3.8, 4) is 17.4 Å². The van der Waals surface area contributed by atoms with E-state index >= 15 is 0 Å². The number of allylic oxidation sites excluding steroid dienone is 1. The second kappa shape index (κ2) is 15.1. The Kier molecular flexibility index (Phi) is 10.8. The Labute approximate surface area is 333 Å². The molecule has 4 amide bonds. The van der Waals surface area contributed by atoms with Crippen molar-refractivity contribution >= 4 is 44.6 Å². The number of hydrogen-bond acceptors (Lipinski definition) is 10. The number of sulfonamides is 1. The van der Waals surface area contributed by atoms with Gasteiger partial charge in [-0.3, -0.25) is 24.0 Å².